The van der Waals surface area contributed by atoms with Crippen molar-refractivity contribution in [2.75, 3.05) is 6.79 Å². The first-order valence-corrected chi connectivity index (χ1v) is 10.9. The van der Waals surface area contributed by atoms with E-state index < -0.39 is 0 Å². The zero-order valence-corrected chi connectivity index (χ0v) is 16.6. The highest BCUT2D eigenvalue weighted by molar-refractivity contribution is 6.05. The number of benzene rings is 3. The van der Waals surface area contributed by atoms with Gasteiger partial charge in [0.1, 0.15) is 17.3 Å². The smallest absolute Gasteiger partial charge is 0.231 e. The minimum Gasteiger partial charge on any atom is -0.456 e. The Bertz CT molecular complexity index is 1290. The third kappa shape index (κ3) is 2.37. The molecule has 0 amide bonds. The fourth-order valence-electron chi connectivity index (χ4n) is 5.55. The van der Waals surface area contributed by atoms with Crippen LogP contribution in [-0.4, -0.2) is 12.9 Å². The van der Waals surface area contributed by atoms with Crippen molar-refractivity contribution in [1.29, 1.82) is 0 Å². The number of hydrogen-bond acceptors (Lipinski definition) is 4. The van der Waals surface area contributed by atoms with Crippen molar-refractivity contribution < 1.29 is 18.6 Å². The highest BCUT2D eigenvalue weighted by atomic mass is 16.7. The van der Waals surface area contributed by atoms with E-state index in [1.54, 1.807) is 0 Å². The predicted molar refractivity (Wildman–Crippen MR) is 114 cm³/mol. The van der Waals surface area contributed by atoms with E-state index in [0.29, 0.717) is 12.7 Å². The van der Waals surface area contributed by atoms with Gasteiger partial charge >= 0.3 is 0 Å². The lowest BCUT2D eigenvalue weighted by Gasteiger charge is -2.41. The van der Waals surface area contributed by atoms with Crippen molar-refractivity contribution in [3.8, 4) is 11.5 Å². The number of para-hydroxylation sites is 1. The van der Waals surface area contributed by atoms with Crippen LogP contribution in [0.1, 0.15) is 54.4 Å². The van der Waals surface area contributed by atoms with E-state index in [0.717, 1.165) is 45.4 Å². The summed E-state index contributed by atoms with van der Waals surface area (Å²) >= 11 is 0. The molecule has 3 atom stereocenters. The molecule has 0 bridgehead atoms. The van der Waals surface area contributed by atoms with E-state index in [4.69, 9.17) is 18.6 Å². The molecular weight excluding hydrogens is 376 g/mol. The summed E-state index contributed by atoms with van der Waals surface area (Å²) < 4.78 is 24.2. The third-order valence-electron chi connectivity index (χ3n) is 6.98. The van der Waals surface area contributed by atoms with Crippen LogP contribution in [0.4, 0.5) is 0 Å². The van der Waals surface area contributed by atoms with Gasteiger partial charge in [0.15, 0.2) is 11.5 Å². The topological polar surface area (TPSA) is 40.8 Å². The van der Waals surface area contributed by atoms with E-state index in [2.05, 4.69) is 42.5 Å². The van der Waals surface area contributed by atoms with Crippen molar-refractivity contribution >= 4 is 21.9 Å². The van der Waals surface area contributed by atoms with E-state index in [-0.39, 0.29) is 12.2 Å². The van der Waals surface area contributed by atoms with Gasteiger partial charge in [0.2, 0.25) is 6.79 Å². The van der Waals surface area contributed by atoms with E-state index in [9.17, 15) is 0 Å². The Morgan fingerprint density at radius 3 is 2.47 bits per heavy atom. The molecule has 3 heterocycles. The van der Waals surface area contributed by atoms with Gasteiger partial charge in [0.25, 0.3) is 0 Å². The average Bonchev–Trinajstić information content (AvgIpc) is 3.40. The van der Waals surface area contributed by atoms with Crippen LogP contribution in [0.3, 0.4) is 0 Å². The first-order chi connectivity index (χ1) is 14.8. The van der Waals surface area contributed by atoms with Crippen LogP contribution in [0.15, 0.2) is 59.0 Å². The molecule has 0 N–H and O–H groups in total. The van der Waals surface area contributed by atoms with Crippen LogP contribution in [0.5, 0.6) is 11.5 Å². The largest absolute Gasteiger partial charge is 0.456 e. The second-order valence-corrected chi connectivity index (χ2v) is 8.63. The number of rotatable bonds is 1. The van der Waals surface area contributed by atoms with Crippen LogP contribution in [0.2, 0.25) is 0 Å². The summed E-state index contributed by atoms with van der Waals surface area (Å²) in [5, 5.41) is 2.28. The first-order valence-electron chi connectivity index (χ1n) is 10.9. The lowest BCUT2D eigenvalue weighted by molar-refractivity contribution is -0.0389. The second-order valence-electron chi connectivity index (χ2n) is 8.63. The second kappa shape index (κ2) is 6.26. The fraction of sp³-hybridized carbons (Fsp3) is 0.308. The van der Waals surface area contributed by atoms with Crippen molar-refractivity contribution in [1.82, 2.24) is 0 Å². The zero-order chi connectivity index (χ0) is 19.7. The summed E-state index contributed by atoms with van der Waals surface area (Å²) in [4.78, 5) is 0. The van der Waals surface area contributed by atoms with Crippen molar-refractivity contribution in [3.05, 3.63) is 71.3 Å². The van der Waals surface area contributed by atoms with Crippen LogP contribution in [-0.2, 0) is 4.74 Å². The van der Waals surface area contributed by atoms with Gasteiger partial charge in [-0.05, 0) is 59.9 Å². The summed E-state index contributed by atoms with van der Waals surface area (Å²) in [5.41, 5.74) is 5.59. The van der Waals surface area contributed by atoms with E-state index >= 15 is 0 Å². The highest BCUT2D eigenvalue weighted by Gasteiger charge is 2.39. The Labute approximate surface area is 174 Å². The molecule has 4 nitrogen and oxygen atoms in total. The molecule has 2 aliphatic heterocycles. The number of hydrogen-bond donors (Lipinski definition) is 0. The highest BCUT2D eigenvalue weighted by Crippen LogP contribution is 2.51. The Hall–Kier alpha value is -2.98. The zero-order valence-electron chi connectivity index (χ0n) is 16.6. The van der Waals surface area contributed by atoms with Gasteiger partial charge in [-0.2, -0.15) is 0 Å². The Balaban J connectivity index is 1.42. The molecule has 7 rings (SSSR count). The summed E-state index contributed by atoms with van der Waals surface area (Å²) in [5.74, 6) is 2.14. The molecule has 1 aliphatic carbocycles. The summed E-state index contributed by atoms with van der Waals surface area (Å²) in [6, 6.07) is 19.0. The standard InChI is InChI=1S/C26H22O4/c1-4-8-22-16(5-1)18-12-24-25(28-14-27-24)13-20(18)26(30-22)15-9-10-23-19(11-15)17-6-2-3-7-21(17)29-23/h2-3,6-7,9-13,16,22,26H,1,4-5,8,14H2/t16-,22+,26-/m0/s1. The molecule has 4 aromatic rings. The van der Waals surface area contributed by atoms with Gasteiger partial charge < -0.3 is 18.6 Å². The average molecular weight is 398 g/mol. The van der Waals surface area contributed by atoms with Crippen LogP contribution in [0.25, 0.3) is 21.9 Å². The quantitative estimate of drug-likeness (QED) is 0.369. The van der Waals surface area contributed by atoms with Gasteiger partial charge in [-0.3, -0.25) is 0 Å². The number of furan rings is 1. The molecule has 3 aliphatic rings. The Kier molecular flexibility index (Phi) is 3.50. The number of ether oxygens (including phenoxy) is 3. The molecule has 0 unspecified atom stereocenters. The molecule has 3 aromatic carbocycles. The van der Waals surface area contributed by atoms with Crippen molar-refractivity contribution in [2.45, 2.75) is 43.8 Å². The maximum absolute atomic E-state index is 6.77. The maximum Gasteiger partial charge on any atom is 0.231 e. The van der Waals surface area contributed by atoms with Crippen LogP contribution in [0, 0.1) is 0 Å². The fourth-order valence-corrected chi connectivity index (χ4v) is 5.55. The molecule has 4 heteroatoms. The molecule has 1 aromatic heterocycles. The van der Waals surface area contributed by atoms with E-state index in [1.165, 1.54) is 30.4 Å². The lowest BCUT2D eigenvalue weighted by Crippen LogP contribution is -2.33. The summed E-state index contributed by atoms with van der Waals surface area (Å²) in [6.45, 7) is 0.296. The first kappa shape index (κ1) is 16.8. The third-order valence-corrected chi connectivity index (χ3v) is 6.98. The normalized spacial score (nSPS) is 24.7. The van der Waals surface area contributed by atoms with Gasteiger partial charge in [-0.1, -0.05) is 37.1 Å². The molecule has 0 spiro atoms. The summed E-state index contributed by atoms with van der Waals surface area (Å²) in [7, 11) is 0. The molecule has 150 valence electrons. The van der Waals surface area contributed by atoms with Crippen molar-refractivity contribution in [3.63, 3.8) is 0 Å². The molecular formula is C26H22O4. The molecule has 0 radical (unpaired) electrons. The van der Waals surface area contributed by atoms with Gasteiger partial charge in [0.05, 0.1) is 6.10 Å². The van der Waals surface area contributed by atoms with E-state index in [1.807, 2.05) is 12.1 Å². The summed E-state index contributed by atoms with van der Waals surface area (Å²) in [6.07, 6.45) is 4.94. The predicted octanol–water partition coefficient (Wildman–Crippen LogP) is 6.46. The Morgan fingerprint density at radius 1 is 0.733 bits per heavy atom. The molecule has 30 heavy (non-hydrogen) atoms. The molecule has 1 fully saturated rings. The van der Waals surface area contributed by atoms with Gasteiger partial charge in [-0.15, -0.1) is 0 Å². The van der Waals surface area contributed by atoms with Crippen molar-refractivity contribution in [2.24, 2.45) is 0 Å². The minimum absolute atomic E-state index is 0.105. The lowest BCUT2D eigenvalue weighted by atomic mass is 9.76. The minimum atomic E-state index is -0.105. The molecule has 1 saturated carbocycles. The number of fused-ring (bicyclic) bond motifs is 7. The van der Waals surface area contributed by atoms with Gasteiger partial charge in [0, 0.05) is 16.7 Å². The molecule has 0 saturated heterocycles. The Morgan fingerprint density at radius 2 is 1.53 bits per heavy atom. The SMILES string of the molecule is c1ccc2c(c1)oc1ccc([C@@H]3O[C@@H]4CCCC[C@H]4c4cc5c(cc43)OCO5)cc12. The van der Waals surface area contributed by atoms with Crippen LogP contribution < -0.4 is 9.47 Å². The van der Waals surface area contributed by atoms with Crippen LogP contribution >= 0.6 is 0 Å². The monoisotopic (exact) mass is 398 g/mol. The van der Waals surface area contributed by atoms with Gasteiger partial charge in [-0.25, -0.2) is 0 Å². The maximum atomic E-state index is 6.77.